The molecule has 0 amide bonds. The number of fused-ring (bicyclic) bond motifs is 1. The molecule has 0 aliphatic carbocycles. The first-order valence-corrected chi connectivity index (χ1v) is 5.18. The topological polar surface area (TPSA) is 12.0 Å². The summed E-state index contributed by atoms with van der Waals surface area (Å²) in [6.07, 6.45) is -0.171. The molecule has 0 atom stereocenters. The maximum absolute atomic E-state index is 13.1. The van der Waals surface area contributed by atoms with Gasteiger partial charge in [0.25, 0.3) is 5.92 Å². The Morgan fingerprint density at radius 1 is 1.43 bits per heavy atom. The van der Waals surface area contributed by atoms with Crippen molar-refractivity contribution >= 4 is 21.6 Å². The first-order valence-electron chi connectivity index (χ1n) is 4.39. The van der Waals surface area contributed by atoms with Crippen molar-refractivity contribution in [3.05, 3.63) is 27.7 Å². The van der Waals surface area contributed by atoms with Crippen LogP contribution in [0.5, 0.6) is 0 Å². The van der Waals surface area contributed by atoms with Crippen molar-refractivity contribution < 1.29 is 8.78 Å². The molecular weight excluding hydrogens is 252 g/mol. The zero-order valence-corrected chi connectivity index (χ0v) is 9.29. The molecule has 4 heteroatoms. The molecule has 0 spiro atoms. The van der Waals surface area contributed by atoms with Crippen LogP contribution in [0.1, 0.15) is 11.1 Å². The maximum atomic E-state index is 13.1. The molecule has 1 aliphatic rings. The van der Waals surface area contributed by atoms with Crippen LogP contribution >= 0.6 is 15.9 Å². The molecule has 0 bridgehead atoms. The van der Waals surface area contributed by atoms with Crippen molar-refractivity contribution in [1.82, 2.24) is 0 Å². The van der Waals surface area contributed by atoms with Crippen molar-refractivity contribution in [3.63, 3.8) is 0 Å². The molecule has 1 aromatic carbocycles. The number of hydrogen-bond acceptors (Lipinski definition) is 1. The second-order valence-corrected chi connectivity index (χ2v) is 4.56. The van der Waals surface area contributed by atoms with Crippen LogP contribution in [0.15, 0.2) is 16.6 Å². The highest BCUT2D eigenvalue weighted by atomic mass is 79.9. The molecule has 1 aliphatic heterocycles. The minimum Gasteiger partial charge on any atom is -0.379 e. The summed E-state index contributed by atoms with van der Waals surface area (Å²) in [5.41, 5.74) is 2.55. The van der Waals surface area contributed by atoms with Crippen LogP contribution < -0.4 is 5.32 Å². The Morgan fingerprint density at radius 2 is 2.14 bits per heavy atom. The van der Waals surface area contributed by atoms with Crippen molar-refractivity contribution in [1.29, 1.82) is 0 Å². The van der Waals surface area contributed by atoms with Gasteiger partial charge in [0, 0.05) is 16.6 Å². The number of rotatable bonds is 0. The van der Waals surface area contributed by atoms with E-state index in [4.69, 9.17) is 0 Å². The van der Waals surface area contributed by atoms with E-state index in [0.717, 1.165) is 15.7 Å². The van der Waals surface area contributed by atoms with E-state index in [2.05, 4.69) is 21.2 Å². The second kappa shape index (κ2) is 3.19. The van der Waals surface area contributed by atoms with Crippen LogP contribution in [-0.2, 0) is 6.42 Å². The van der Waals surface area contributed by atoms with Crippen molar-refractivity contribution in [2.24, 2.45) is 0 Å². The molecular formula is C10H10BrF2N. The van der Waals surface area contributed by atoms with Crippen molar-refractivity contribution in [2.45, 2.75) is 19.3 Å². The first-order chi connectivity index (χ1) is 6.48. The lowest BCUT2D eigenvalue weighted by Gasteiger charge is -2.27. The number of aryl methyl sites for hydroxylation is 1. The van der Waals surface area contributed by atoms with E-state index in [-0.39, 0.29) is 13.0 Å². The minimum absolute atomic E-state index is 0.171. The number of alkyl halides is 2. The predicted octanol–water partition coefficient (Wildman–Crippen LogP) is 3.36. The van der Waals surface area contributed by atoms with Gasteiger partial charge in [0.05, 0.1) is 6.54 Å². The van der Waals surface area contributed by atoms with Gasteiger partial charge >= 0.3 is 0 Å². The molecule has 1 heterocycles. The fraction of sp³-hybridized carbons (Fsp3) is 0.400. The van der Waals surface area contributed by atoms with E-state index in [9.17, 15) is 8.78 Å². The zero-order chi connectivity index (χ0) is 10.3. The highest BCUT2D eigenvalue weighted by Gasteiger charge is 2.34. The summed E-state index contributed by atoms with van der Waals surface area (Å²) < 4.78 is 27.0. The van der Waals surface area contributed by atoms with Crippen LogP contribution in [-0.4, -0.2) is 12.5 Å². The van der Waals surface area contributed by atoms with E-state index in [1.165, 1.54) is 0 Å². The van der Waals surface area contributed by atoms with Crippen LogP contribution in [0.25, 0.3) is 0 Å². The fourth-order valence-electron chi connectivity index (χ4n) is 1.76. The zero-order valence-electron chi connectivity index (χ0n) is 7.70. The Morgan fingerprint density at radius 3 is 2.86 bits per heavy atom. The number of halogens is 3. The van der Waals surface area contributed by atoms with Gasteiger partial charge in [-0.15, -0.1) is 0 Å². The SMILES string of the molecule is Cc1cc(Br)cc2c1NCC(F)(F)C2. The summed E-state index contributed by atoms with van der Waals surface area (Å²) in [7, 11) is 0. The maximum Gasteiger partial charge on any atom is 0.269 e. The Labute approximate surface area is 89.6 Å². The smallest absolute Gasteiger partial charge is 0.269 e. The summed E-state index contributed by atoms with van der Waals surface area (Å²) in [5.74, 6) is -2.62. The molecule has 0 radical (unpaired) electrons. The monoisotopic (exact) mass is 261 g/mol. The van der Waals surface area contributed by atoms with Crippen molar-refractivity contribution in [2.75, 3.05) is 11.9 Å². The highest BCUT2D eigenvalue weighted by Crippen LogP contribution is 2.34. The van der Waals surface area contributed by atoms with Gasteiger partial charge in [-0.1, -0.05) is 15.9 Å². The van der Waals surface area contributed by atoms with Crippen LogP contribution in [0.4, 0.5) is 14.5 Å². The lowest BCUT2D eigenvalue weighted by Crippen LogP contribution is -2.34. The number of benzene rings is 1. The van der Waals surface area contributed by atoms with Crippen LogP contribution in [0, 0.1) is 6.92 Å². The largest absolute Gasteiger partial charge is 0.379 e. The molecule has 1 N–H and O–H groups in total. The predicted molar refractivity (Wildman–Crippen MR) is 56.0 cm³/mol. The Hall–Kier alpha value is -0.640. The summed E-state index contributed by atoms with van der Waals surface area (Å²) in [4.78, 5) is 0. The summed E-state index contributed by atoms with van der Waals surface area (Å²) in [5, 5.41) is 2.78. The average molecular weight is 262 g/mol. The number of hydrogen-bond donors (Lipinski definition) is 1. The molecule has 1 nitrogen and oxygen atoms in total. The molecule has 2 rings (SSSR count). The Kier molecular flexibility index (Phi) is 2.26. The van der Waals surface area contributed by atoms with E-state index >= 15 is 0 Å². The van der Waals surface area contributed by atoms with Gasteiger partial charge in [-0.3, -0.25) is 0 Å². The summed E-state index contributed by atoms with van der Waals surface area (Å²) in [6, 6.07) is 3.68. The fourth-order valence-corrected chi connectivity index (χ4v) is 2.38. The van der Waals surface area contributed by atoms with Gasteiger partial charge < -0.3 is 5.32 Å². The van der Waals surface area contributed by atoms with Gasteiger partial charge in [0.1, 0.15) is 0 Å². The van der Waals surface area contributed by atoms with E-state index < -0.39 is 5.92 Å². The lowest BCUT2D eigenvalue weighted by atomic mass is 9.98. The summed E-state index contributed by atoms with van der Waals surface area (Å²) in [6.45, 7) is 1.66. The standard InChI is InChI=1S/C10H10BrF2N/c1-6-2-8(11)3-7-4-10(12,13)5-14-9(6)7/h2-3,14H,4-5H2,1H3. The molecule has 0 saturated carbocycles. The van der Waals surface area contributed by atoms with E-state index in [0.29, 0.717) is 5.56 Å². The average Bonchev–Trinajstić information content (AvgIpc) is 2.00. The normalized spacial score (nSPS) is 18.6. The first kappa shape index (κ1) is 9.90. The quantitative estimate of drug-likeness (QED) is 0.755. The lowest BCUT2D eigenvalue weighted by molar-refractivity contribution is 0.0129. The number of anilines is 1. The molecule has 1 aromatic rings. The van der Waals surface area contributed by atoms with Gasteiger partial charge in [-0.25, -0.2) is 8.78 Å². The molecule has 0 saturated heterocycles. The summed E-state index contributed by atoms with van der Waals surface area (Å²) >= 11 is 3.31. The van der Waals surface area contributed by atoms with Gasteiger partial charge in [0.15, 0.2) is 0 Å². The van der Waals surface area contributed by atoms with Crippen LogP contribution in [0.2, 0.25) is 0 Å². The van der Waals surface area contributed by atoms with E-state index in [1.54, 1.807) is 6.07 Å². The third-order valence-electron chi connectivity index (χ3n) is 2.35. The van der Waals surface area contributed by atoms with Gasteiger partial charge in [-0.05, 0) is 30.2 Å². The molecule has 0 fully saturated rings. The molecule has 76 valence electrons. The second-order valence-electron chi connectivity index (χ2n) is 3.64. The van der Waals surface area contributed by atoms with Crippen LogP contribution in [0.3, 0.4) is 0 Å². The van der Waals surface area contributed by atoms with Gasteiger partial charge in [-0.2, -0.15) is 0 Å². The van der Waals surface area contributed by atoms with E-state index in [1.807, 2.05) is 13.0 Å². The Bertz CT molecular complexity index is 377. The Balaban J connectivity index is 2.47. The highest BCUT2D eigenvalue weighted by molar-refractivity contribution is 9.10. The number of nitrogens with one attached hydrogen (secondary N) is 1. The molecule has 14 heavy (non-hydrogen) atoms. The third-order valence-corrected chi connectivity index (χ3v) is 2.81. The van der Waals surface area contributed by atoms with Crippen molar-refractivity contribution in [3.8, 4) is 0 Å². The molecule has 0 aromatic heterocycles. The molecule has 0 unspecified atom stereocenters. The third kappa shape index (κ3) is 1.75. The minimum atomic E-state index is -2.62. The van der Waals surface area contributed by atoms with Gasteiger partial charge in [0.2, 0.25) is 0 Å².